The van der Waals surface area contributed by atoms with E-state index in [9.17, 15) is 14.9 Å². The van der Waals surface area contributed by atoms with E-state index in [1.54, 1.807) is 13.0 Å². The topological polar surface area (TPSA) is 84.7 Å². The fourth-order valence-corrected chi connectivity index (χ4v) is 4.60. The van der Waals surface area contributed by atoms with E-state index < -0.39 is 4.92 Å². The quantitative estimate of drug-likeness (QED) is 0.660. The first kappa shape index (κ1) is 17.2. The van der Waals surface area contributed by atoms with E-state index in [2.05, 4.69) is 10.2 Å². The number of aryl methyl sites for hydroxylation is 1. The molecule has 0 aliphatic carbocycles. The van der Waals surface area contributed by atoms with Gasteiger partial charge in [-0.25, -0.2) is 0 Å². The summed E-state index contributed by atoms with van der Waals surface area (Å²) in [6.07, 6.45) is 0.960. The lowest BCUT2D eigenvalue weighted by Crippen LogP contribution is -2.53. The van der Waals surface area contributed by atoms with Crippen molar-refractivity contribution in [3.05, 3.63) is 33.9 Å². The predicted octanol–water partition coefficient (Wildman–Crippen LogP) is 2.05. The number of benzene rings is 1. The van der Waals surface area contributed by atoms with Crippen LogP contribution in [0.2, 0.25) is 0 Å². The van der Waals surface area contributed by atoms with Gasteiger partial charge in [0.25, 0.3) is 5.69 Å². The summed E-state index contributed by atoms with van der Waals surface area (Å²) in [5.41, 5.74) is 1.35. The van der Waals surface area contributed by atoms with Gasteiger partial charge in [-0.05, 0) is 25.0 Å². The van der Waals surface area contributed by atoms with Crippen LogP contribution in [0.1, 0.15) is 12.0 Å². The number of hydrogen-bond donors (Lipinski definition) is 1. The first-order valence-electron chi connectivity index (χ1n) is 8.03. The molecule has 0 aromatic heterocycles. The predicted molar refractivity (Wildman–Crippen MR) is 93.5 cm³/mol. The van der Waals surface area contributed by atoms with Crippen LogP contribution >= 0.6 is 11.8 Å². The van der Waals surface area contributed by atoms with Crippen molar-refractivity contribution < 1.29 is 14.5 Å². The van der Waals surface area contributed by atoms with Gasteiger partial charge in [-0.1, -0.05) is 0 Å². The molecule has 0 bridgehead atoms. The third-order valence-electron chi connectivity index (χ3n) is 4.49. The van der Waals surface area contributed by atoms with Crippen molar-refractivity contribution in [3.8, 4) is 0 Å². The first-order chi connectivity index (χ1) is 11.5. The largest absolute Gasteiger partial charge is 0.380 e. The summed E-state index contributed by atoms with van der Waals surface area (Å²) >= 11 is 1.93. The Kier molecular flexibility index (Phi) is 5.37. The van der Waals surface area contributed by atoms with Crippen molar-refractivity contribution in [1.29, 1.82) is 0 Å². The minimum Gasteiger partial charge on any atom is -0.380 e. The molecule has 7 nitrogen and oxygen atoms in total. The lowest BCUT2D eigenvalue weighted by atomic mass is 10.1. The number of hydrogen-bond acceptors (Lipinski definition) is 6. The van der Waals surface area contributed by atoms with Crippen LogP contribution in [0.5, 0.6) is 0 Å². The van der Waals surface area contributed by atoms with Crippen LogP contribution in [0.15, 0.2) is 18.2 Å². The van der Waals surface area contributed by atoms with Gasteiger partial charge in [-0.2, -0.15) is 11.8 Å². The molecule has 2 heterocycles. The van der Waals surface area contributed by atoms with Crippen LogP contribution < -0.4 is 5.32 Å². The maximum Gasteiger partial charge on any atom is 0.269 e. The Hall–Kier alpha value is -1.64. The Bertz CT molecular complexity index is 638. The van der Waals surface area contributed by atoms with Crippen LogP contribution in [0.4, 0.5) is 11.4 Å². The van der Waals surface area contributed by atoms with Crippen LogP contribution in [0, 0.1) is 17.0 Å². The molecular weight excluding hydrogens is 330 g/mol. The second-order valence-electron chi connectivity index (χ2n) is 6.12. The van der Waals surface area contributed by atoms with Crippen molar-refractivity contribution >= 4 is 29.0 Å². The third-order valence-corrected chi connectivity index (χ3v) is 5.79. The number of carbonyl (C=O) groups excluding carboxylic acids is 1. The number of amides is 1. The molecule has 130 valence electrons. The fourth-order valence-electron chi connectivity index (χ4n) is 3.24. The smallest absolute Gasteiger partial charge is 0.269 e. The van der Waals surface area contributed by atoms with E-state index in [1.165, 1.54) is 12.1 Å². The average Bonchev–Trinajstić information content (AvgIpc) is 2.57. The summed E-state index contributed by atoms with van der Waals surface area (Å²) < 4.78 is 5.53. The number of nitrogens with zero attached hydrogens (tertiary/aromatic N) is 2. The molecule has 1 aromatic carbocycles. The molecule has 1 N–H and O–H groups in total. The Labute approximate surface area is 144 Å². The van der Waals surface area contributed by atoms with E-state index in [0.29, 0.717) is 29.1 Å². The molecule has 8 heteroatoms. The van der Waals surface area contributed by atoms with Gasteiger partial charge in [0, 0.05) is 48.0 Å². The van der Waals surface area contributed by atoms with Gasteiger partial charge in [-0.15, -0.1) is 0 Å². The summed E-state index contributed by atoms with van der Waals surface area (Å²) in [4.78, 5) is 25.0. The third kappa shape index (κ3) is 3.88. The summed E-state index contributed by atoms with van der Waals surface area (Å²) in [5.74, 6) is 0.929. The zero-order chi connectivity index (χ0) is 17.1. The monoisotopic (exact) mass is 351 g/mol. The number of thioether (sulfide) groups is 1. The number of non-ortho nitro benzene ring substituents is 1. The van der Waals surface area contributed by atoms with Crippen molar-refractivity contribution in [2.75, 3.05) is 37.4 Å². The molecule has 0 unspecified atom stereocenters. The molecule has 2 aliphatic rings. The van der Waals surface area contributed by atoms with Crippen LogP contribution in [-0.2, 0) is 9.53 Å². The summed E-state index contributed by atoms with van der Waals surface area (Å²) in [6.45, 7) is 4.52. The highest BCUT2D eigenvalue weighted by atomic mass is 32.2. The summed E-state index contributed by atoms with van der Waals surface area (Å²) in [6, 6.07) is 4.87. The molecular formula is C16H21N3O4S. The maximum atomic E-state index is 12.4. The number of nitrogens with one attached hydrogen (secondary N) is 1. The van der Waals surface area contributed by atoms with Crippen molar-refractivity contribution in [1.82, 2.24) is 4.90 Å². The van der Waals surface area contributed by atoms with Crippen molar-refractivity contribution in [2.24, 2.45) is 0 Å². The number of rotatable bonds is 4. The van der Waals surface area contributed by atoms with Gasteiger partial charge in [-0.3, -0.25) is 19.8 Å². The molecule has 24 heavy (non-hydrogen) atoms. The highest BCUT2D eigenvalue weighted by Gasteiger charge is 2.35. The Morgan fingerprint density at radius 1 is 1.54 bits per heavy atom. The minimum absolute atomic E-state index is 0.0311. The Morgan fingerprint density at radius 3 is 3.12 bits per heavy atom. The Balaban J connectivity index is 1.62. The van der Waals surface area contributed by atoms with Crippen molar-refractivity contribution in [2.45, 2.75) is 24.6 Å². The van der Waals surface area contributed by atoms with Crippen LogP contribution in [0.3, 0.4) is 0 Å². The zero-order valence-corrected chi connectivity index (χ0v) is 14.4. The lowest BCUT2D eigenvalue weighted by molar-refractivity contribution is -0.384. The van der Waals surface area contributed by atoms with E-state index in [0.717, 1.165) is 31.9 Å². The van der Waals surface area contributed by atoms with E-state index in [1.807, 2.05) is 11.8 Å². The number of ether oxygens (including phenoxy) is 1. The number of nitro benzene ring substituents is 1. The van der Waals surface area contributed by atoms with Gasteiger partial charge >= 0.3 is 0 Å². The number of anilines is 1. The second kappa shape index (κ2) is 7.50. The normalized spacial score (nSPS) is 24.2. The molecule has 2 aliphatic heterocycles. The number of carbonyl (C=O) groups is 1. The van der Waals surface area contributed by atoms with E-state index in [4.69, 9.17) is 4.74 Å². The van der Waals surface area contributed by atoms with Crippen molar-refractivity contribution in [3.63, 3.8) is 0 Å². The highest BCUT2D eigenvalue weighted by Crippen LogP contribution is 2.30. The summed E-state index contributed by atoms with van der Waals surface area (Å²) in [5, 5.41) is 14.1. The zero-order valence-electron chi connectivity index (χ0n) is 13.6. The minimum atomic E-state index is -0.435. The lowest BCUT2D eigenvalue weighted by Gasteiger charge is -2.43. The first-order valence-corrected chi connectivity index (χ1v) is 9.08. The molecule has 2 atom stereocenters. The molecule has 3 rings (SSSR count). The van der Waals surface area contributed by atoms with E-state index in [-0.39, 0.29) is 11.6 Å². The molecule has 1 aromatic rings. The Morgan fingerprint density at radius 2 is 2.38 bits per heavy atom. The molecule has 0 spiro atoms. The molecule has 0 saturated carbocycles. The van der Waals surface area contributed by atoms with Gasteiger partial charge < -0.3 is 10.1 Å². The maximum absolute atomic E-state index is 12.4. The molecule has 1 amide bonds. The SMILES string of the molecule is Cc1cc([N+](=O)[O-])ccc1NC(=O)CN1CCS[C@H]2COCC[C@@H]21. The molecule has 2 fully saturated rings. The number of nitro groups is 1. The fraction of sp³-hybridized carbons (Fsp3) is 0.562. The number of fused-ring (bicyclic) bond motifs is 1. The van der Waals surface area contributed by atoms with E-state index >= 15 is 0 Å². The van der Waals surface area contributed by atoms with Gasteiger partial charge in [0.15, 0.2) is 0 Å². The standard InChI is InChI=1S/C16H21N3O4S/c1-11-8-12(19(21)22)2-3-13(11)17-16(20)9-18-5-7-24-15-10-23-6-4-14(15)18/h2-3,8,14-15H,4-7,9-10H2,1H3,(H,17,20)/t14-,15-/m0/s1. The van der Waals surface area contributed by atoms with Crippen LogP contribution in [0.25, 0.3) is 0 Å². The van der Waals surface area contributed by atoms with Crippen LogP contribution in [-0.4, -0.2) is 59.1 Å². The molecule has 0 radical (unpaired) electrons. The van der Waals surface area contributed by atoms with Gasteiger partial charge in [0.05, 0.1) is 18.1 Å². The molecule has 2 saturated heterocycles. The van der Waals surface area contributed by atoms with Gasteiger partial charge in [0.2, 0.25) is 5.91 Å². The second-order valence-corrected chi connectivity index (χ2v) is 7.46. The van der Waals surface area contributed by atoms with Gasteiger partial charge in [0.1, 0.15) is 0 Å². The average molecular weight is 351 g/mol. The highest BCUT2D eigenvalue weighted by molar-refractivity contribution is 8.00. The summed E-state index contributed by atoms with van der Waals surface area (Å²) in [7, 11) is 0.